The molecule has 2 aromatic rings. The average molecular weight is 469 g/mol. The van der Waals surface area contributed by atoms with Crippen LogP contribution in [0.2, 0.25) is 0 Å². The Morgan fingerprint density at radius 3 is 2.62 bits per heavy atom. The van der Waals surface area contributed by atoms with Crippen LogP contribution < -0.4 is 10.2 Å². The summed E-state index contributed by atoms with van der Waals surface area (Å²) < 4.78 is 5.39. The molecule has 0 amide bonds. The zero-order chi connectivity index (χ0) is 17.5. The van der Waals surface area contributed by atoms with Crippen molar-refractivity contribution in [3.8, 4) is 0 Å². The molecule has 1 fully saturated rings. The number of aliphatic imine (C=N–C) groups is 1. The van der Waals surface area contributed by atoms with Crippen molar-refractivity contribution >= 4 is 35.8 Å². The van der Waals surface area contributed by atoms with Crippen molar-refractivity contribution in [2.45, 2.75) is 26.3 Å². The van der Waals surface area contributed by atoms with Gasteiger partial charge in [-0.05, 0) is 38.1 Å². The van der Waals surface area contributed by atoms with E-state index in [1.165, 1.54) is 0 Å². The van der Waals surface area contributed by atoms with Crippen molar-refractivity contribution in [3.63, 3.8) is 0 Å². The largest absolute Gasteiger partial charge is 0.469 e. The van der Waals surface area contributed by atoms with Crippen molar-refractivity contribution in [2.75, 3.05) is 37.6 Å². The quantitative estimate of drug-likeness (QED) is 0.415. The second-order valence-corrected chi connectivity index (χ2v) is 6.50. The van der Waals surface area contributed by atoms with E-state index in [4.69, 9.17) is 9.41 Å². The van der Waals surface area contributed by atoms with Crippen LogP contribution in [0.25, 0.3) is 0 Å². The van der Waals surface area contributed by atoms with Crippen molar-refractivity contribution in [3.05, 3.63) is 48.6 Å². The van der Waals surface area contributed by atoms with Gasteiger partial charge in [-0.25, -0.2) is 4.98 Å². The molecule has 1 saturated heterocycles. The number of anilines is 1. The van der Waals surface area contributed by atoms with Crippen molar-refractivity contribution in [2.24, 2.45) is 4.99 Å². The number of guanidine groups is 1. The lowest BCUT2D eigenvalue weighted by Crippen LogP contribution is -2.53. The molecule has 1 aliphatic heterocycles. The highest BCUT2D eigenvalue weighted by atomic mass is 127. The van der Waals surface area contributed by atoms with Gasteiger partial charge in [-0.2, -0.15) is 0 Å². The van der Waals surface area contributed by atoms with E-state index in [-0.39, 0.29) is 24.0 Å². The van der Waals surface area contributed by atoms with E-state index < -0.39 is 0 Å². The van der Waals surface area contributed by atoms with Crippen LogP contribution in [-0.2, 0) is 6.42 Å². The highest BCUT2D eigenvalue weighted by Gasteiger charge is 2.20. The van der Waals surface area contributed by atoms with Crippen LogP contribution in [0.3, 0.4) is 0 Å². The maximum atomic E-state index is 5.39. The Bertz CT molecular complexity index is 652. The maximum Gasteiger partial charge on any atom is 0.194 e. The molecular formula is C19H28IN5O. The number of furan rings is 1. The molecule has 6 nitrogen and oxygen atoms in total. The third kappa shape index (κ3) is 5.89. The minimum atomic E-state index is 0. The van der Waals surface area contributed by atoms with Crippen LogP contribution in [0.4, 0.5) is 5.82 Å². The van der Waals surface area contributed by atoms with Crippen LogP contribution in [0.15, 0.2) is 52.2 Å². The lowest BCUT2D eigenvalue weighted by Gasteiger charge is -2.37. The van der Waals surface area contributed by atoms with Gasteiger partial charge in [-0.1, -0.05) is 6.07 Å². The van der Waals surface area contributed by atoms with E-state index in [2.05, 4.69) is 40.0 Å². The van der Waals surface area contributed by atoms with E-state index in [0.717, 1.165) is 56.7 Å². The van der Waals surface area contributed by atoms with Gasteiger partial charge in [-0.15, -0.1) is 24.0 Å². The SMILES string of the molecule is CC(C)NC(=NCCc1ccco1)N1CCN(c2ccccn2)CC1.I. The fraction of sp³-hybridized carbons (Fsp3) is 0.474. The standard InChI is InChI=1S/C19H27N5O.HI/c1-16(2)22-19(21-10-8-17-6-5-15-25-17)24-13-11-23(12-14-24)18-7-3-4-9-20-18;/h3-7,9,15-16H,8,10-14H2,1-2H3,(H,21,22);1H. The number of hydrogen-bond donors (Lipinski definition) is 1. The minimum Gasteiger partial charge on any atom is -0.469 e. The summed E-state index contributed by atoms with van der Waals surface area (Å²) in [6, 6.07) is 10.3. The molecule has 2 aromatic heterocycles. The number of hydrogen-bond acceptors (Lipinski definition) is 4. The third-order valence-electron chi connectivity index (χ3n) is 4.17. The van der Waals surface area contributed by atoms with E-state index in [9.17, 15) is 0 Å². The molecule has 1 aliphatic rings. The van der Waals surface area contributed by atoms with E-state index in [1.807, 2.05) is 30.5 Å². The Hall–Kier alpha value is -1.77. The van der Waals surface area contributed by atoms with Gasteiger partial charge in [0.25, 0.3) is 0 Å². The summed E-state index contributed by atoms with van der Waals surface area (Å²) in [7, 11) is 0. The number of halogens is 1. The first-order valence-electron chi connectivity index (χ1n) is 8.96. The molecule has 0 aromatic carbocycles. The minimum absolute atomic E-state index is 0. The summed E-state index contributed by atoms with van der Waals surface area (Å²) in [5.74, 6) is 3.02. The highest BCUT2D eigenvalue weighted by molar-refractivity contribution is 14.0. The maximum absolute atomic E-state index is 5.39. The molecule has 7 heteroatoms. The molecule has 0 unspecified atom stereocenters. The average Bonchev–Trinajstić information content (AvgIpc) is 3.15. The summed E-state index contributed by atoms with van der Waals surface area (Å²) in [5.41, 5.74) is 0. The molecule has 3 rings (SSSR count). The van der Waals surface area contributed by atoms with Crippen LogP contribution >= 0.6 is 24.0 Å². The van der Waals surface area contributed by atoms with Crippen LogP contribution in [-0.4, -0.2) is 54.6 Å². The van der Waals surface area contributed by atoms with Crippen LogP contribution in [0.5, 0.6) is 0 Å². The first-order chi connectivity index (χ1) is 12.2. The molecule has 3 heterocycles. The van der Waals surface area contributed by atoms with Gasteiger partial charge in [0, 0.05) is 51.4 Å². The second-order valence-electron chi connectivity index (χ2n) is 6.50. The number of piperazine rings is 1. The second kappa shape index (κ2) is 10.4. The Labute approximate surface area is 172 Å². The summed E-state index contributed by atoms with van der Waals surface area (Å²) in [5, 5.41) is 3.50. The Morgan fingerprint density at radius 2 is 2.00 bits per heavy atom. The molecule has 0 bridgehead atoms. The lowest BCUT2D eigenvalue weighted by molar-refractivity contribution is 0.367. The highest BCUT2D eigenvalue weighted by Crippen LogP contribution is 2.12. The number of aromatic nitrogens is 1. The molecule has 0 radical (unpaired) electrons. The van der Waals surface area contributed by atoms with Gasteiger partial charge in [-0.3, -0.25) is 4.99 Å². The Balaban J connectivity index is 0.00000243. The van der Waals surface area contributed by atoms with Gasteiger partial charge in [0.2, 0.25) is 0 Å². The van der Waals surface area contributed by atoms with E-state index in [0.29, 0.717) is 6.04 Å². The molecule has 0 spiro atoms. The number of rotatable bonds is 5. The zero-order valence-electron chi connectivity index (χ0n) is 15.5. The molecule has 0 aliphatic carbocycles. The lowest BCUT2D eigenvalue weighted by atomic mass is 10.3. The molecule has 0 atom stereocenters. The van der Waals surface area contributed by atoms with Crippen molar-refractivity contribution in [1.29, 1.82) is 0 Å². The third-order valence-corrected chi connectivity index (χ3v) is 4.17. The van der Waals surface area contributed by atoms with Gasteiger partial charge in [0.1, 0.15) is 11.6 Å². The van der Waals surface area contributed by atoms with Crippen LogP contribution in [0.1, 0.15) is 19.6 Å². The van der Waals surface area contributed by atoms with Crippen molar-refractivity contribution in [1.82, 2.24) is 15.2 Å². The van der Waals surface area contributed by atoms with E-state index in [1.54, 1.807) is 6.26 Å². The predicted octanol–water partition coefficient (Wildman–Crippen LogP) is 3.01. The predicted molar refractivity (Wildman–Crippen MR) is 116 cm³/mol. The summed E-state index contributed by atoms with van der Waals surface area (Å²) in [6.45, 7) is 8.80. The number of nitrogens with zero attached hydrogens (tertiary/aromatic N) is 4. The molecule has 142 valence electrons. The Kier molecular flexibility index (Phi) is 8.21. The summed E-state index contributed by atoms with van der Waals surface area (Å²) in [6.07, 6.45) is 4.39. The monoisotopic (exact) mass is 469 g/mol. The van der Waals surface area contributed by atoms with Gasteiger partial charge >= 0.3 is 0 Å². The zero-order valence-corrected chi connectivity index (χ0v) is 17.8. The fourth-order valence-electron chi connectivity index (χ4n) is 2.91. The van der Waals surface area contributed by atoms with Crippen LogP contribution in [0, 0.1) is 0 Å². The van der Waals surface area contributed by atoms with E-state index >= 15 is 0 Å². The fourth-order valence-corrected chi connectivity index (χ4v) is 2.91. The number of nitrogens with one attached hydrogen (secondary N) is 1. The summed E-state index contributed by atoms with van der Waals surface area (Å²) >= 11 is 0. The Morgan fingerprint density at radius 1 is 1.19 bits per heavy atom. The smallest absolute Gasteiger partial charge is 0.194 e. The first-order valence-corrected chi connectivity index (χ1v) is 8.96. The molecule has 26 heavy (non-hydrogen) atoms. The van der Waals surface area contributed by atoms with Gasteiger partial charge in [0.05, 0.1) is 6.26 Å². The van der Waals surface area contributed by atoms with Gasteiger partial charge < -0.3 is 19.5 Å². The molecule has 0 saturated carbocycles. The molecular weight excluding hydrogens is 441 g/mol. The first kappa shape index (κ1) is 20.5. The van der Waals surface area contributed by atoms with Crippen molar-refractivity contribution < 1.29 is 4.42 Å². The number of pyridine rings is 1. The topological polar surface area (TPSA) is 56.9 Å². The normalized spacial score (nSPS) is 15.1. The van der Waals surface area contributed by atoms with Gasteiger partial charge in [0.15, 0.2) is 5.96 Å². The molecule has 1 N–H and O–H groups in total. The summed E-state index contributed by atoms with van der Waals surface area (Å²) in [4.78, 5) is 13.9.